The number of aliphatic hydroxyl groups is 1. The Kier molecular flexibility index (Phi) is 3.65. The summed E-state index contributed by atoms with van der Waals surface area (Å²) in [6.45, 7) is 8.52. The zero-order valence-corrected chi connectivity index (χ0v) is 12.6. The van der Waals surface area contributed by atoms with Gasteiger partial charge in [0, 0.05) is 19.1 Å². The van der Waals surface area contributed by atoms with Gasteiger partial charge in [-0.1, -0.05) is 13.8 Å². The molecule has 1 saturated heterocycles. The van der Waals surface area contributed by atoms with Gasteiger partial charge in [-0.2, -0.15) is 0 Å². The lowest BCUT2D eigenvalue weighted by molar-refractivity contribution is 0.0475. The van der Waals surface area contributed by atoms with E-state index in [1.165, 1.54) is 51.6 Å². The Hall–Kier alpha value is -0.120. The highest BCUT2D eigenvalue weighted by Gasteiger charge is 2.48. The van der Waals surface area contributed by atoms with Gasteiger partial charge >= 0.3 is 0 Å². The zero-order valence-electron chi connectivity index (χ0n) is 12.6. The summed E-state index contributed by atoms with van der Waals surface area (Å²) in [7, 11) is 0. The predicted molar refractivity (Wildman–Crippen MR) is 78.2 cm³/mol. The average molecular weight is 266 g/mol. The first-order valence-corrected chi connectivity index (χ1v) is 8.14. The number of hydrogen-bond acceptors (Lipinski definition) is 3. The van der Waals surface area contributed by atoms with E-state index in [0.29, 0.717) is 24.0 Å². The number of nitrogens with one attached hydrogen (secondary N) is 1. The number of aliphatic hydroxyl groups excluding tert-OH is 1. The van der Waals surface area contributed by atoms with Crippen LogP contribution in [0, 0.1) is 11.3 Å². The van der Waals surface area contributed by atoms with Gasteiger partial charge in [-0.15, -0.1) is 0 Å². The molecule has 19 heavy (non-hydrogen) atoms. The van der Waals surface area contributed by atoms with E-state index >= 15 is 0 Å². The molecule has 2 saturated carbocycles. The van der Waals surface area contributed by atoms with Crippen LogP contribution in [0.3, 0.4) is 0 Å². The van der Waals surface area contributed by atoms with E-state index < -0.39 is 0 Å². The van der Waals surface area contributed by atoms with Crippen molar-refractivity contribution in [2.75, 3.05) is 26.2 Å². The normalized spacial score (nSPS) is 31.1. The first-order valence-electron chi connectivity index (χ1n) is 8.14. The second-order valence-corrected chi connectivity index (χ2v) is 7.99. The molecule has 3 aliphatic rings. The lowest BCUT2D eigenvalue weighted by Crippen LogP contribution is -2.60. The number of hydrogen-bond donors (Lipinski definition) is 2. The fourth-order valence-electron chi connectivity index (χ4n) is 3.87. The number of rotatable bonds is 6. The maximum Gasteiger partial charge on any atom is 0.0628 e. The minimum absolute atomic E-state index is 0.00537. The van der Waals surface area contributed by atoms with Crippen molar-refractivity contribution >= 4 is 0 Å². The molecule has 0 amide bonds. The summed E-state index contributed by atoms with van der Waals surface area (Å²) in [6.07, 6.45) is 7.87. The molecule has 3 fully saturated rings. The van der Waals surface area contributed by atoms with Crippen molar-refractivity contribution < 1.29 is 5.11 Å². The van der Waals surface area contributed by atoms with Crippen LogP contribution in [0.2, 0.25) is 0 Å². The van der Waals surface area contributed by atoms with Gasteiger partial charge in [0.2, 0.25) is 0 Å². The van der Waals surface area contributed by atoms with Crippen LogP contribution in [0.4, 0.5) is 0 Å². The van der Waals surface area contributed by atoms with Crippen LogP contribution in [-0.4, -0.2) is 47.8 Å². The standard InChI is InChI=1S/C16H30N2O/c1-15(2)8-3-9-18(10-15)11-16(12-19,13-4-5-13)17-14-6-7-14/h13-14,17,19H,3-12H2,1-2H3. The maximum absolute atomic E-state index is 10.0. The highest BCUT2D eigenvalue weighted by molar-refractivity contribution is 5.06. The molecule has 110 valence electrons. The summed E-state index contributed by atoms with van der Waals surface area (Å²) < 4.78 is 0. The summed E-state index contributed by atoms with van der Waals surface area (Å²) in [5.74, 6) is 0.711. The van der Waals surface area contributed by atoms with Crippen LogP contribution in [0.5, 0.6) is 0 Å². The van der Waals surface area contributed by atoms with Crippen molar-refractivity contribution in [1.29, 1.82) is 0 Å². The third-order valence-electron chi connectivity index (χ3n) is 5.20. The Morgan fingerprint density at radius 1 is 1.26 bits per heavy atom. The predicted octanol–water partition coefficient (Wildman–Crippen LogP) is 2.00. The van der Waals surface area contributed by atoms with Crippen LogP contribution >= 0.6 is 0 Å². The van der Waals surface area contributed by atoms with E-state index in [1.54, 1.807) is 0 Å². The summed E-state index contributed by atoms with van der Waals surface area (Å²) >= 11 is 0. The third-order valence-corrected chi connectivity index (χ3v) is 5.20. The van der Waals surface area contributed by atoms with E-state index in [0.717, 1.165) is 6.54 Å². The lowest BCUT2D eigenvalue weighted by atomic mass is 9.83. The van der Waals surface area contributed by atoms with Crippen LogP contribution < -0.4 is 5.32 Å². The quantitative estimate of drug-likeness (QED) is 0.772. The average Bonchev–Trinajstić information content (AvgIpc) is 3.20. The molecular weight excluding hydrogens is 236 g/mol. The summed E-state index contributed by atoms with van der Waals surface area (Å²) in [4.78, 5) is 2.60. The maximum atomic E-state index is 10.0. The molecule has 0 aromatic carbocycles. The minimum Gasteiger partial charge on any atom is -0.394 e. The molecule has 2 N–H and O–H groups in total. The molecule has 0 aromatic heterocycles. The molecular formula is C16H30N2O. The van der Waals surface area contributed by atoms with Gasteiger partial charge in [0.25, 0.3) is 0 Å². The summed E-state index contributed by atoms with van der Waals surface area (Å²) in [5.41, 5.74) is 0.442. The lowest BCUT2D eigenvalue weighted by Gasteiger charge is -2.44. The van der Waals surface area contributed by atoms with E-state index in [2.05, 4.69) is 24.1 Å². The van der Waals surface area contributed by atoms with E-state index in [1.807, 2.05) is 0 Å². The van der Waals surface area contributed by atoms with Crippen LogP contribution in [0.1, 0.15) is 52.4 Å². The second-order valence-electron chi connectivity index (χ2n) is 7.99. The van der Waals surface area contributed by atoms with Crippen molar-refractivity contribution in [3.63, 3.8) is 0 Å². The van der Waals surface area contributed by atoms with Crippen molar-refractivity contribution in [3.8, 4) is 0 Å². The summed E-state index contributed by atoms with van der Waals surface area (Å²) in [5, 5.41) is 13.8. The first-order chi connectivity index (χ1) is 9.03. The van der Waals surface area contributed by atoms with Crippen LogP contribution in [-0.2, 0) is 0 Å². The highest BCUT2D eigenvalue weighted by Crippen LogP contribution is 2.42. The Morgan fingerprint density at radius 2 is 2.00 bits per heavy atom. The Bertz CT molecular complexity index is 323. The van der Waals surface area contributed by atoms with Crippen molar-refractivity contribution in [3.05, 3.63) is 0 Å². The van der Waals surface area contributed by atoms with Crippen molar-refractivity contribution in [1.82, 2.24) is 10.2 Å². The molecule has 3 rings (SSSR count). The first kappa shape index (κ1) is 13.8. The SMILES string of the molecule is CC1(C)CCCN(CC(CO)(NC2CC2)C2CC2)C1. The molecule has 0 spiro atoms. The van der Waals surface area contributed by atoms with Gasteiger partial charge in [-0.3, -0.25) is 0 Å². The molecule has 1 atom stereocenters. The molecule has 3 heteroatoms. The van der Waals surface area contributed by atoms with Crippen molar-refractivity contribution in [2.24, 2.45) is 11.3 Å². The molecule has 3 nitrogen and oxygen atoms in total. The molecule has 0 aromatic rings. The fraction of sp³-hybridized carbons (Fsp3) is 1.00. The number of nitrogens with zero attached hydrogens (tertiary/aromatic N) is 1. The molecule has 2 aliphatic carbocycles. The van der Waals surface area contributed by atoms with Gasteiger partial charge in [0.1, 0.15) is 0 Å². The number of piperidine rings is 1. The third kappa shape index (κ3) is 3.32. The van der Waals surface area contributed by atoms with Gasteiger partial charge in [-0.05, 0) is 56.4 Å². The minimum atomic E-state index is -0.00537. The van der Waals surface area contributed by atoms with E-state index in [4.69, 9.17) is 0 Å². The molecule has 0 radical (unpaired) electrons. The topological polar surface area (TPSA) is 35.5 Å². The van der Waals surface area contributed by atoms with Crippen LogP contribution in [0.25, 0.3) is 0 Å². The Balaban J connectivity index is 1.65. The molecule has 1 unspecified atom stereocenters. The molecule has 1 heterocycles. The van der Waals surface area contributed by atoms with E-state index in [9.17, 15) is 5.11 Å². The summed E-state index contributed by atoms with van der Waals surface area (Å²) in [6, 6.07) is 0.686. The number of likely N-dealkylation sites (tertiary alicyclic amines) is 1. The molecule has 1 aliphatic heterocycles. The zero-order chi connectivity index (χ0) is 13.5. The fourth-order valence-corrected chi connectivity index (χ4v) is 3.87. The Morgan fingerprint density at radius 3 is 2.53 bits per heavy atom. The van der Waals surface area contributed by atoms with Gasteiger partial charge in [-0.25, -0.2) is 0 Å². The van der Waals surface area contributed by atoms with Gasteiger partial charge in [0.05, 0.1) is 12.1 Å². The smallest absolute Gasteiger partial charge is 0.0628 e. The highest BCUT2D eigenvalue weighted by atomic mass is 16.3. The van der Waals surface area contributed by atoms with E-state index in [-0.39, 0.29) is 5.54 Å². The molecule has 0 bridgehead atoms. The van der Waals surface area contributed by atoms with Gasteiger partial charge in [0.15, 0.2) is 0 Å². The Labute approximate surface area is 117 Å². The monoisotopic (exact) mass is 266 g/mol. The van der Waals surface area contributed by atoms with Gasteiger partial charge < -0.3 is 15.3 Å². The van der Waals surface area contributed by atoms with Crippen LogP contribution in [0.15, 0.2) is 0 Å². The largest absolute Gasteiger partial charge is 0.394 e. The van der Waals surface area contributed by atoms with Crippen molar-refractivity contribution in [2.45, 2.75) is 64.0 Å². The second kappa shape index (κ2) is 5.01.